The summed E-state index contributed by atoms with van der Waals surface area (Å²) in [6, 6.07) is 4.77. The quantitative estimate of drug-likeness (QED) is 0.648. The Kier molecular flexibility index (Phi) is 4.47. The van der Waals surface area contributed by atoms with Crippen LogP contribution in [0.5, 0.6) is 0 Å². The molecule has 94 valence electrons. The van der Waals surface area contributed by atoms with Gasteiger partial charge in [0.2, 0.25) is 0 Å². The van der Waals surface area contributed by atoms with E-state index in [9.17, 15) is 15.2 Å². The molecule has 0 amide bonds. The van der Waals surface area contributed by atoms with Gasteiger partial charge in [-0.05, 0) is 25.5 Å². The molecule has 1 rings (SSSR count). The fraction of sp³-hybridized carbons (Fsp3) is 0.455. The van der Waals surface area contributed by atoms with Crippen LogP contribution < -0.4 is 5.32 Å². The first-order chi connectivity index (χ1) is 7.85. The van der Waals surface area contributed by atoms with Gasteiger partial charge in [0, 0.05) is 17.1 Å². The minimum absolute atomic E-state index is 0.00808. The summed E-state index contributed by atoms with van der Waals surface area (Å²) in [5.74, 6) is 0. The van der Waals surface area contributed by atoms with Crippen LogP contribution in [0.3, 0.4) is 0 Å². The van der Waals surface area contributed by atoms with Crippen LogP contribution in [0.2, 0.25) is 0 Å². The molecule has 0 fully saturated rings. The predicted molar refractivity (Wildman–Crippen MR) is 70.2 cm³/mol. The lowest BCUT2D eigenvalue weighted by molar-refractivity contribution is -0.384. The molecule has 1 unspecified atom stereocenters. The van der Waals surface area contributed by atoms with Crippen molar-refractivity contribution in [3.05, 3.63) is 32.8 Å². The Morgan fingerprint density at radius 2 is 2.24 bits per heavy atom. The lowest BCUT2D eigenvalue weighted by Gasteiger charge is -2.22. The zero-order valence-electron chi connectivity index (χ0n) is 9.74. The number of anilines is 1. The molecule has 0 spiro atoms. The van der Waals surface area contributed by atoms with Gasteiger partial charge in [-0.25, -0.2) is 0 Å². The first-order valence-corrected chi connectivity index (χ1v) is 6.05. The number of nitro groups is 1. The van der Waals surface area contributed by atoms with Gasteiger partial charge in [0.1, 0.15) is 5.69 Å². The zero-order valence-corrected chi connectivity index (χ0v) is 11.3. The number of nitrogens with zero attached hydrogens (tertiary/aromatic N) is 1. The second-order valence-corrected chi connectivity index (χ2v) is 5.04. The highest BCUT2D eigenvalue weighted by molar-refractivity contribution is 9.10. The number of halogens is 1. The molecule has 2 N–H and O–H groups in total. The molecular weight excluding hydrogens is 288 g/mol. The third kappa shape index (κ3) is 3.98. The molecule has 0 heterocycles. The molecule has 0 radical (unpaired) electrons. The number of nitrogens with one attached hydrogen (secondary N) is 1. The Bertz CT molecular complexity index is 421. The highest BCUT2D eigenvalue weighted by Crippen LogP contribution is 2.28. The van der Waals surface area contributed by atoms with Crippen molar-refractivity contribution >= 4 is 27.3 Å². The largest absolute Gasteiger partial charge is 0.388 e. The fourth-order valence-corrected chi connectivity index (χ4v) is 1.56. The number of benzene rings is 1. The summed E-state index contributed by atoms with van der Waals surface area (Å²) < 4.78 is 0.650. The van der Waals surface area contributed by atoms with Gasteiger partial charge in [0.25, 0.3) is 5.69 Å². The number of aliphatic hydroxyl groups is 1. The summed E-state index contributed by atoms with van der Waals surface area (Å²) >= 11 is 3.19. The van der Waals surface area contributed by atoms with Crippen LogP contribution in [0, 0.1) is 10.1 Å². The van der Waals surface area contributed by atoms with Crippen molar-refractivity contribution in [2.24, 2.45) is 0 Å². The molecule has 5 nitrogen and oxygen atoms in total. The van der Waals surface area contributed by atoms with Crippen molar-refractivity contribution in [2.75, 3.05) is 11.9 Å². The molecule has 0 bridgehead atoms. The number of nitro benzene ring substituents is 1. The average Bonchev–Trinajstić information content (AvgIpc) is 2.27. The molecule has 0 aliphatic heterocycles. The van der Waals surface area contributed by atoms with E-state index in [1.165, 1.54) is 6.07 Å². The Balaban J connectivity index is 2.88. The molecule has 1 aromatic rings. The van der Waals surface area contributed by atoms with Gasteiger partial charge >= 0.3 is 0 Å². The van der Waals surface area contributed by atoms with Gasteiger partial charge in [0.15, 0.2) is 0 Å². The van der Waals surface area contributed by atoms with E-state index < -0.39 is 10.5 Å². The second kappa shape index (κ2) is 5.46. The van der Waals surface area contributed by atoms with Crippen LogP contribution in [0.25, 0.3) is 0 Å². The highest BCUT2D eigenvalue weighted by atomic mass is 79.9. The van der Waals surface area contributed by atoms with E-state index >= 15 is 0 Å². The van der Waals surface area contributed by atoms with Gasteiger partial charge in [0.05, 0.1) is 10.5 Å². The van der Waals surface area contributed by atoms with E-state index in [0.29, 0.717) is 16.6 Å². The Labute approximate surface area is 108 Å². The second-order valence-electron chi connectivity index (χ2n) is 4.12. The monoisotopic (exact) mass is 302 g/mol. The zero-order chi connectivity index (χ0) is 13.1. The normalized spacial score (nSPS) is 14.1. The molecule has 0 saturated heterocycles. The number of hydrogen-bond donors (Lipinski definition) is 2. The number of hydrogen-bond acceptors (Lipinski definition) is 4. The van der Waals surface area contributed by atoms with E-state index in [-0.39, 0.29) is 12.2 Å². The molecule has 17 heavy (non-hydrogen) atoms. The molecular formula is C11H15BrN2O3. The van der Waals surface area contributed by atoms with Gasteiger partial charge in [-0.15, -0.1) is 0 Å². The van der Waals surface area contributed by atoms with Crippen molar-refractivity contribution < 1.29 is 10.0 Å². The number of rotatable bonds is 5. The van der Waals surface area contributed by atoms with Crippen molar-refractivity contribution in [1.29, 1.82) is 0 Å². The van der Waals surface area contributed by atoms with Gasteiger partial charge in [-0.1, -0.05) is 22.9 Å². The van der Waals surface area contributed by atoms with E-state index in [4.69, 9.17) is 0 Å². The molecule has 0 aliphatic carbocycles. The molecule has 1 aromatic carbocycles. The third-order valence-corrected chi connectivity index (χ3v) is 3.07. The van der Waals surface area contributed by atoms with Crippen molar-refractivity contribution in [1.82, 2.24) is 0 Å². The molecule has 0 aromatic heterocycles. The maximum absolute atomic E-state index is 10.9. The Morgan fingerprint density at radius 1 is 1.59 bits per heavy atom. The Hall–Kier alpha value is -1.14. The standard InChI is InChI=1S/C11H15BrN2O3/c1-3-11(2,15)7-13-9-5-4-8(12)6-10(9)14(16)17/h4-6,13,15H,3,7H2,1-2H3. The topological polar surface area (TPSA) is 75.4 Å². The minimum atomic E-state index is -0.874. The van der Waals surface area contributed by atoms with Crippen LogP contribution in [0.15, 0.2) is 22.7 Å². The van der Waals surface area contributed by atoms with Crippen LogP contribution in [-0.2, 0) is 0 Å². The van der Waals surface area contributed by atoms with E-state index in [1.54, 1.807) is 19.1 Å². The maximum atomic E-state index is 10.9. The highest BCUT2D eigenvalue weighted by Gasteiger charge is 2.20. The summed E-state index contributed by atoms with van der Waals surface area (Å²) in [7, 11) is 0. The molecule has 0 aliphatic rings. The first kappa shape index (κ1) is 13.9. The summed E-state index contributed by atoms with van der Waals surface area (Å²) in [5, 5.41) is 23.6. The predicted octanol–water partition coefficient (Wildman–Crippen LogP) is 2.93. The maximum Gasteiger partial charge on any atom is 0.293 e. The van der Waals surface area contributed by atoms with Crippen molar-refractivity contribution in [2.45, 2.75) is 25.9 Å². The van der Waals surface area contributed by atoms with Crippen LogP contribution in [-0.4, -0.2) is 22.2 Å². The lowest BCUT2D eigenvalue weighted by Crippen LogP contribution is -2.32. The first-order valence-electron chi connectivity index (χ1n) is 5.26. The SMILES string of the molecule is CCC(C)(O)CNc1ccc(Br)cc1[N+](=O)[O-]. The summed E-state index contributed by atoms with van der Waals surface area (Å²) in [6.07, 6.45) is 0.574. The van der Waals surface area contributed by atoms with E-state index in [1.807, 2.05) is 6.92 Å². The third-order valence-electron chi connectivity index (χ3n) is 2.58. The van der Waals surface area contributed by atoms with Crippen molar-refractivity contribution in [3.8, 4) is 0 Å². The summed E-state index contributed by atoms with van der Waals surface area (Å²) in [6.45, 7) is 3.81. The summed E-state index contributed by atoms with van der Waals surface area (Å²) in [5.41, 5.74) is -0.473. The molecule has 6 heteroatoms. The van der Waals surface area contributed by atoms with Crippen molar-refractivity contribution in [3.63, 3.8) is 0 Å². The van der Waals surface area contributed by atoms with Crippen LogP contribution in [0.4, 0.5) is 11.4 Å². The Morgan fingerprint density at radius 3 is 2.76 bits per heavy atom. The van der Waals surface area contributed by atoms with Gasteiger partial charge in [-0.2, -0.15) is 0 Å². The smallest absolute Gasteiger partial charge is 0.293 e. The molecule has 0 saturated carbocycles. The molecule has 1 atom stereocenters. The summed E-state index contributed by atoms with van der Waals surface area (Å²) in [4.78, 5) is 10.4. The van der Waals surface area contributed by atoms with Gasteiger partial charge in [-0.3, -0.25) is 10.1 Å². The minimum Gasteiger partial charge on any atom is -0.388 e. The fourth-order valence-electron chi connectivity index (χ4n) is 1.22. The van der Waals surface area contributed by atoms with Crippen LogP contribution in [0.1, 0.15) is 20.3 Å². The lowest BCUT2D eigenvalue weighted by atomic mass is 10.0. The average molecular weight is 303 g/mol. The van der Waals surface area contributed by atoms with Crippen LogP contribution >= 0.6 is 15.9 Å². The van der Waals surface area contributed by atoms with E-state index in [0.717, 1.165) is 0 Å². The van der Waals surface area contributed by atoms with Gasteiger partial charge < -0.3 is 10.4 Å². The van der Waals surface area contributed by atoms with E-state index in [2.05, 4.69) is 21.2 Å².